The third kappa shape index (κ3) is 2.47. The number of rotatable bonds is 3. The number of phenols is 1. The number of phenolic OH excluding ortho intramolecular Hbond substituents is 1. The molecule has 1 atom stereocenters. The topological polar surface area (TPSA) is 55.5 Å². The van der Waals surface area contributed by atoms with E-state index in [1.54, 1.807) is 0 Å². The summed E-state index contributed by atoms with van der Waals surface area (Å²) >= 11 is 0. The second-order valence-corrected chi connectivity index (χ2v) is 3.52. The molecule has 1 rings (SSSR count). The number of benzene rings is 1. The van der Waals surface area contributed by atoms with E-state index < -0.39 is 29.5 Å². The van der Waals surface area contributed by atoms with E-state index in [-0.39, 0.29) is 5.75 Å². The van der Waals surface area contributed by atoms with E-state index >= 15 is 0 Å². The summed E-state index contributed by atoms with van der Waals surface area (Å²) in [6, 6.07) is 0.199. The lowest BCUT2D eigenvalue weighted by Crippen LogP contribution is -2.45. The lowest BCUT2D eigenvalue weighted by atomic mass is 10.00. The molecule has 102 valence electrons. The smallest absolute Gasteiger partial charge is 0.455 e. The van der Waals surface area contributed by atoms with Gasteiger partial charge in [-0.1, -0.05) is 0 Å². The van der Waals surface area contributed by atoms with Crippen LogP contribution in [0.5, 0.6) is 11.5 Å². The third-order valence-corrected chi connectivity index (χ3v) is 2.34. The summed E-state index contributed by atoms with van der Waals surface area (Å²) < 4.78 is 67.0. The van der Waals surface area contributed by atoms with E-state index in [1.165, 1.54) is 7.11 Å². The lowest BCUT2D eigenvalue weighted by molar-refractivity contribution is -0.291. The zero-order valence-electron chi connectivity index (χ0n) is 9.13. The van der Waals surface area contributed by atoms with Crippen LogP contribution in [-0.4, -0.2) is 24.3 Å². The van der Waals surface area contributed by atoms with Gasteiger partial charge < -0.3 is 15.6 Å². The maximum Gasteiger partial charge on any atom is 0.455 e. The van der Waals surface area contributed by atoms with Crippen LogP contribution in [0.1, 0.15) is 11.6 Å². The molecule has 0 spiro atoms. The van der Waals surface area contributed by atoms with Crippen molar-refractivity contribution in [3.63, 3.8) is 0 Å². The Morgan fingerprint density at radius 2 is 1.78 bits per heavy atom. The summed E-state index contributed by atoms with van der Waals surface area (Å²) in [5.41, 5.74) is 4.17. The van der Waals surface area contributed by atoms with Crippen LogP contribution < -0.4 is 10.5 Å². The average Bonchev–Trinajstić information content (AvgIpc) is 2.26. The summed E-state index contributed by atoms with van der Waals surface area (Å²) in [5.74, 6) is -5.82. The van der Waals surface area contributed by atoms with Crippen LogP contribution in [0.15, 0.2) is 18.2 Å². The zero-order valence-corrected chi connectivity index (χ0v) is 9.13. The fourth-order valence-corrected chi connectivity index (χ4v) is 1.29. The molecule has 3 nitrogen and oxygen atoms in total. The molecule has 3 N–H and O–H groups in total. The van der Waals surface area contributed by atoms with Gasteiger partial charge in [0.05, 0.1) is 7.11 Å². The Balaban J connectivity index is 3.15. The molecule has 0 radical (unpaired) electrons. The van der Waals surface area contributed by atoms with Crippen molar-refractivity contribution in [2.75, 3.05) is 7.11 Å². The summed E-state index contributed by atoms with van der Waals surface area (Å²) in [7, 11) is 1.25. The summed E-state index contributed by atoms with van der Waals surface area (Å²) in [5, 5.41) is 9.36. The van der Waals surface area contributed by atoms with Gasteiger partial charge in [0.1, 0.15) is 17.5 Å². The first kappa shape index (κ1) is 14.5. The molecule has 8 heteroatoms. The van der Waals surface area contributed by atoms with Crippen LogP contribution >= 0.6 is 0 Å². The molecule has 0 heterocycles. The maximum absolute atomic E-state index is 13.0. The minimum absolute atomic E-state index is 0.110. The Morgan fingerprint density at radius 3 is 2.17 bits per heavy atom. The molecular weight excluding hydrogens is 261 g/mol. The Bertz CT molecular complexity index is 433. The van der Waals surface area contributed by atoms with Crippen LogP contribution in [0, 0.1) is 0 Å². The third-order valence-electron chi connectivity index (χ3n) is 2.34. The van der Waals surface area contributed by atoms with Gasteiger partial charge in [-0.3, -0.25) is 0 Å². The first-order chi connectivity index (χ1) is 8.11. The fourth-order valence-electron chi connectivity index (χ4n) is 1.29. The summed E-state index contributed by atoms with van der Waals surface area (Å²) in [4.78, 5) is 0. The van der Waals surface area contributed by atoms with Gasteiger partial charge in [0.25, 0.3) is 0 Å². The van der Waals surface area contributed by atoms with Crippen molar-refractivity contribution in [3.8, 4) is 11.5 Å². The minimum atomic E-state index is -5.79. The van der Waals surface area contributed by atoms with Gasteiger partial charge in [-0.05, 0) is 12.1 Å². The molecule has 0 saturated carbocycles. The zero-order chi connectivity index (χ0) is 14.1. The first-order valence-corrected chi connectivity index (χ1v) is 4.68. The van der Waals surface area contributed by atoms with Crippen molar-refractivity contribution in [2.24, 2.45) is 5.73 Å². The molecule has 1 aromatic rings. The van der Waals surface area contributed by atoms with E-state index in [2.05, 4.69) is 4.74 Å². The van der Waals surface area contributed by atoms with Crippen LogP contribution in [0.4, 0.5) is 22.0 Å². The van der Waals surface area contributed by atoms with Crippen molar-refractivity contribution >= 4 is 0 Å². The molecule has 1 aromatic carbocycles. The average molecular weight is 271 g/mol. The number of alkyl halides is 5. The monoisotopic (exact) mass is 271 g/mol. The molecule has 0 bridgehead atoms. The van der Waals surface area contributed by atoms with Crippen molar-refractivity contribution in [2.45, 2.75) is 18.1 Å². The maximum atomic E-state index is 13.0. The van der Waals surface area contributed by atoms with Gasteiger partial charge in [-0.25, -0.2) is 0 Å². The lowest BCUT2D eigenvalue weighted by Gasteiger charge is -2.26. The Morgan fingerprint density at radius 1 is 1.22 bits per heavy atom. The normalized spacial score (nSPS) is 14.4. The van der Waals surface area contributed by atoms with Crippen LogP contribution in [0.3, 0.4) is 0 Å². The van der Waals surface area contributed by atoms with Crippen molar-refractivity contribution in [1.29, 1.82) is 0 Å². The number of hydrogen-bond acceptors (Lipinski definition) is 3. The van der Waals surface area contributed by atoms with Gasteiger partial charge in [-0.2, -0.15) is 22.0 Å². The number of halogens is 5. The van der Waals surface area contributed by atoms with Gasteiger partial charge in [0.2, 0.25) is 0 Å². The van der Waals surface area contributed by atoms with E-state index in [1.807, 2.05) is 0 Å². The Kier molecular flexibility index (Phi) is 3.70. The minimum Gasteiger partial charge on any atom is -0.507 e. The highest BCUT2D eigenvalue weighted by Crippen LogP contribution is 2.45. The largest absolute Gasteiger partial charge is 0.507 e. The highest BCUT2D eigenvalue weighted by Gasteiger charge is 2.62. The predicted octanol–water partition coefficient (Wildman–Crippen LogP) is 2.60. The van der Waals surface area contributed by atoms with Crippen molar-refractivity contribution < 1.29 is 31.8 Å². The molecule has 18 heavy (non-hydrogen) atoms. The highest BCUT2D eigenvalue weighted by atomic mass is 19.4. The summed E-state index contributed by atoms with van der Waals surface area (Å²) in [6.07, 6.45) is -5.79. The molecular formula is C10H10F5NO2. The van der Waals surface area contributed by atoms with E-state index in [9.17, 15) is 27.1 Å². The van der Waals surface area contributed by atoms with E-state index in [0.29, 0.717) is 0 Å². The second kappa shape index (κ2) is 4.60. The van der Waals surface area contributed by atoms with Crippen LogP contribution in [-0.2, 0) is 0 Å². The number of methoxy groups -OCH3 is 1. The quantitative estimate of drug-likeness (QED) is 0.831. The second-order valence-electron chi connectivity index (χ2n) is 3.52. The van der Waals surface area contributed by atoms with Gasteiger partial charge in [0.15, 0.2) is 0 Å². The SMILES string of the molecule is COc1ccc([C@@H](N)C(F)(F)C(F)(F)F)c(O)c1. The number of ether oxygens (including phenoxy) is 1. The fraction of sp³-hybridized carbons (Fsp3) is 0.400. The molecule has 0 aliphatic rings. The molecule has 0 fully saturated rings. The number of hydrogen-bond donors (Lipinski definition) is 2. The van der Waals surface area contributed by atoms with Gasteiger partial charge in [-0.15, -0.1) is 0 Å². The standard InChI is InChI=1S/C10H10F5NO2/c1-18-5-2-3-6(7(17)4-5)8(16)9(11,12)10(13,14)15/h2-4,8,17H,16H2,1H3/t8-/m1/s1. The highest BCUT2D eigenvalue weighted by molar-refractivity contribution is 5.42. The molecule has 0 amide bonds. The van der Waals surface area contributed by atoms with E-state index in [4.69, 9.17) is 5.73 Å². The number of aromatic hydroxyl groups is 1. The van der Waals surface area contributed by atoms with Crippen LogP contribution in [0.25, 0.3) is 0 Å². The Hall–Kier alpha value is -1.57. The first-order valence-electron chi connectivity index (χ1n) is 4.68. The van der Waals surface area contributed by atoms with Crippen molar-refractivity contribution in [1.82, 2.24) is 0 Å². The molecule has 0 aromatic heterocycles. The number of nitrogens with two attached hydrogens (primary N) is 1. The molecule has 0 aliphatic carbocycles. The molecule has 0 aliphatic heterocycles. The van der Waals surface area contributed by atoms with Crippen LogP contribution in [0.2, 0.25) is 0 Å². The summed E-state index contributed by atoms with van der Waals surface area (Å²) in [6.45, 7) is 0. The van der Waals surface area contributed by atoms with Gasteiger partial charge >= 0.3 is 12.1 Å². The molecule has 0 saturated heterocycles. The van der Waals surface area contributed by atoms with Gasteiger partial charge in [0, 0.05) is 11.6 Å². The molecule has 0 unspecified atom stereocenters. The predicted molar refractivity (Wildman–Crippen MR) is 52.6 cm³/mol. The Labute approximate surface area is 99.0 Å². The van der Waals surface area contributed by atoms with Crippen molar-refractivity contribution in [3.05, 3.63) is 23.8 Å². The van der Waals surface area contributed by atoms with E-state index in [0.717, 1.165) is 18.2 Å².